The average molecular weight is 343 g/mol. The summed E-state index contributed by atoms with van der Waals surface area (Å²) in [7, 11) is 0. The van der Waals surface area contributed by atoms with E-state index in [4.69, 9.17) is 4.74 Å². The zero-order chi connectivity index (χ0) is 17.5. The molecule has 2 aromatic rings. The van der Waals surface area contributed by atoms with Crippen LogP contribution in [0.15, 0.2) is 30.3 Å². The third kappa shape index (κ3) is 4.71. The van der Waals surface area contributed by atoms with Crippen LogP contribution in [-0.2, 0) is 0 Å². The molecule has 0 unspecified atom stereocenters. The smallest absolute Gasteiger partial charge is 0.160 e. The lowest BCUT2D eigenvalue weighted by Crippen LogP contribution is -2.21. The van der Waals surface area contributed by atoms with Crippen LogP contribution in [0.4, 0.5) is 5.69 Å². The second-order valence-corrected chi connectivity index (χ2v) is 6.90. The Morgan fingerprint density at radius 2 is 1.79 bits per heavy atom. The van der Waals surface area contributed by atoms with E-state index in [0.29, 0.717) is 0 Å². The van der Waals surface area contributed by atoms with Gasteiger partial charge < -0.3 is 9.64 Å². The van der Waals surface area contributed by atoms with Gasteiger partial charge in [0, 0.05) is 35.3 Å². The molecule has 1 aromatic carbocycles. The molecule has 0 bridgehead atoms. The van der Waals surface area contributed by atoms with E-state index in [2.05, 4.69) is 36.9 Å². The first-order valence-electron chi connectivity index (χ1n) is 8.36. The van der Waals surface area contributed by atoms with E-state index in [1.807, 2.05) is 38.1 Å². The van der Waals surface area contributed by atoms with Crippen LogP contribution in [0.1, 0.15) is 47.8 Å². The van der Waals surface area contributed by atoms with E-state index in [9.17, 15) is 4.79 Å². The molecule has 0 aliphatic carbocycles. The Hall–Kier alpha value is -2.07. The van der Waals surface area contributed by atoms with Gasteiger partial charge >= 0.3 is 0 Å². The van der Waals surface area contributed by atoms with E-state index in [0.717, 1.165) is 40.4 Å². The number of aldehydes is 1. The quantitative estimate of drug-likeness (QED) is 0.604. The van der Waals surface area contributed by atoms with Gasteiger partial charge in [-0.05, 0) is 64.1 Å². The molecule has 0 saturated carbocycles. The fourth-order valence-electron chi connectivity index (χ4n) is 2.50. The van der Waals surface area contributed by atoms with Gasteiger partial charge in [-0.25, -0.2) is 0 Å². The number of hydrogen-bond acceptors (Lipinski definition) is 4. The number of carbonyl (C=O) groups excluding carboxylic acids is 1. The molecule has 1 heterocycles. The number of ether oxygens (including phenoxy) is 1. The predicted molar refractivity (Wildman–Crippen MR) is 104 cm³/mol. The summed E-state index contributed by atoms with van der Waals surface area (Å²) in [4.78, 5) is 14.9. The van der Waals surface area contributed by atoms with Crippen molar-refractivity contribution in [3.05, 3.63) is 45.6 Å². The molecule has 2 rings (SSSR count). The van der Waals surface area contributed by atoms with Crippen molar-refractivity contribution >= 4 is 35.5 Å². The minimum absolute atomic E-state index is 0.118. The SMILES string of the molecule is CCN(CC)c1ccc(C=Cc2ccc(C=O)s2)c(OC(C)C)c1. The number of nitrogens with zero attached hydrogens (tertiary/aromatic N) is 1. The van der Waals surface area contributed by atoms with Gasteiger partial charge in [0.25, 0.3) is 0 Å². The van der Waals surface area contributed by atoms with Gasteiger partial charge in [-0.2, -0.15) is 0 Å². The van der Waals surface area contributed by atoms with Crippen LogP contribution in [0.25, 0.3) is 12.2 Å². The Balaban J connectivity index is 2.31. The number of anilines is 1. The first kappa shape index (κ1) is 18.3. The van der Waals surface area contributed by atoms with Crippen LogP contribution in [-0.4, -0.2) is 25.5 Å². The maximum atomic E-state index is 10.8. The Bertz CT molecular complexity index is 699. The van der Waals surface area contributed by atoms with Gasteiger partial charge in [-0.3, -0.25) is 4.79 Å². The van der Waals surface area contributed by atoms with Crippen molar-refractivity contribution in [1.82, 2.24) is 0 Å². The monoisotopic (exact) mass is 343 g/mol. The molecule has 0 radical (unpaired) electrons. The van der Waals surface area contributed by atoms with Crippen molar-refractivity contribution in [3.63, 3.8) is 0 Å². The lowest BCUT2D eigenvalue weighted by Gasteiger charge is -2.23. The lowest BCUT2D eigenvalue weighted by atomic mass is 10.1. The van der Waals surface area contributed by atoms with E-state index < -0.39 is 0 Å². The van der Waals surface area contributed by atoms with Crippen molar-refractivity contribution in [2.75, 3.05) is 18.0 Å². The largest absolute Gasteiger partial charge is 0.490 e. The first-order chi connectivity index (χ1) is 11.6. The third-order valence-corrected chi connectivity index (χ3v) is 4.66. The molecule has 24 heavy (non-hydrogen) atoms. The standard InChI is InChI=1S/C20H25NO2S/c1-5-21(6-2)17-9-7-16(20(13-17)23-15(3)4)8-10-18-11-12-19(14-22)24-18/h7-15H,5-6H2,1-4H3. The molecule has 0 atom stereocenters. The van der Waals surface area contributed by atoms with E-state index >= 15 is 0 Å². The molecule has 0 N–H and O–H groups in total. The van der Waals surface area contributed by atoms with Gasteiger partial charge in [0.1, 0.15) is 5.75 Å². The molecule has 0 aliphatic heterocycles. The molecule has 0 spiro atoms. The summed E-state index contributed by atoms with van der Waals surface area (Å²) in [6, 6.07) is 10.1. The van der Waals surface area contributed by atoms with E-state index in [1.54, 1.807) is 0 Å². The van der Waals surface area contributed by atoms with Crippen LogP contribution >= 0.6 is 11.3 Å². The molecular weight excluding hydrogens is 318 g/mol. The summed E-state index contributed by atoms with van der Waals surface area (Å²) in [6.45, 7) is 10.3. The molecule has 0 saturated heterocycles. The van der Waals surface area contributed by atoms with Crippen LogP contribution in [0.5, 0.6) is 5.75 Å². The van der Waals surface area contributed by atoms with Crippen molar-refractivity contribution in [2.24, 2.45) is 0 Å². The van der Waals surface area contributed by atoms with Crippen molar-refractivity contribution < 1.29 is 9.53 Å². The van der Waals surface area contributed by atoms with Gasteiger partial charge in [0.2, 0.25) is 0 Å². The van der Waals surface area contributed by atoms with Crippen LogP contribution in [0.2, 0.25) is 0 Å². The highest BCUT2D eigenvalue weighted by Crippen LogP contribution is 2.29. The maximum absolute atomic E-state index is 10.8. The molecule has 0 fully saturated rings. The van der Waals surface area contributed by atoms with Crippen molar-refractivity contribution in [3.8, 4) is 5.75 Å². The number of rotatable bonds is 8. The molecule has 3 nitrogen and oxygen atoms in total. The van der Waals surface area contributed by atoms with E-state index in [1.165, 1.54) is 17.0 Å². The highest BCUT2D eigenvalue weighted by atomic mass is 32.1. The normalized spacial score (nSPS) is 11.2. The molecular formula is C20H25NO2S. The predicted octanol–water partition coefficient (Wildman–Crippen LogP) is 5.36. The van der Waals surface area contributed by atoms with Crippen molar-refractivity contribution in [1.29, 1.82) is 0 Å². The van der Waals surface area contributed by atoms with Crippen molar-refractivity contribution in [2.45, 2.75) is 33.8 Å². The summed E-state index contributed by atoms with van der Waals surface area (Å²) < 4.78 is 6.01. The Kier molecular flexibility index (Phi) is 6.62. The van der Waals surface area contributed by atoms with Gasteiger partial charge in [-0.15, -0.1) is 11.3 Å². The van der Waals surface area contributed by atoms with Gasteiger partial charge in [0.05, 0.1) is 11.0 Å². The number of thiophene rings is 1. The zero-order valence-corrected chi connectivity index (χ0v) is 15.6. The summed E-state index contributed by atoms with van der Waals surface area (Å²) in [5.74, 6) is 0.887. The van der Waals surface area contributed by atoms with E-state index in [-0.39, 0.29) is 6.10 Å². The lowest BCUT2D eigenvalue weighted by molar-refractivity contribution is 0.112. The highest BCUT2D eigenvalue weighted by molar-refractivity contribution is 7.14. The Labute approximate surface area is 148 Å². The minimum atomic E-state index is 0.118. The summed E-state index contributed by atoms with van der Waals surface area (Å²) in [6.07, 6.45) is 5.07. The first-order valence-corrected chi connectivity index (χ1v) is 9.17. The van der Waals surface area contributed by atoms with Gasteiger partial charge in [-0.1, -0.05) is 0 Å². The fourth-order valence-corrected chi connectivity index (χ4v) is 3.22. The number of benzene rings is 1. The Morgan fingerprint density at radius 1 is 1.08 bits per heavy atom. The minimum Gasteiger partial charge on any atom is -0.490 e. The molecule has 0 aliphatic rings. The van der Waals surface area contributed by atoms with Crippen LogP contribution < -0.4 is 9.64 Å². The molecule has 0 amide bonds. The number of hydrogen-bond donors (Lipinski definition) is 0. The summed E-state index contributed by atoms with van der Waals surface area (Å²) in [5.41, 5.74) is 2.22. The molecule has 128 valence electrons. The highest BCUT2D eigenvalue weighted by Gasteiger charge is 2.09. The summed E-state index contributed by atoms with van der Waals surface area (Å²) in [5, 5.41) is 0. The summed E-state index contributed by atoms with van der Waals surface area (Å²) >= 11 is 1.48. The topological polar surface area (TPSA) is 29.5 Å². The second-order valence-electron chi connectivity index (χ2n) is 5.75. The molecule has 4 heteroatoms. The maximum Gasteiger partial charge on any atom is 0.160 e. The fraction of sp³-hybridized carbons (Fsp3) is 0.350. The third-order valence-electron chi connectivity index (χ3n) is 3.68. The zero-order valence-electron chi connectivity index (χ0n) is 14.8. The number of carbonyl (C=O) groups is 1. The van der Waals surface area contributed by atoms with Crippen LogP contribution in [0, 0.1) is 0 Å². The van der Waals surface area contributed by atoms with Crippen LogP contribution in [0.3, 0.4) is 0 Å². The second kappa shape index (κ2) is 8.69. The van der Waals surface area contributed by atoms with Gasteiger partial charge in [0.15, 0.2) is 6.29 Å². The Morgan fingerprint density at radius 3 is 2.38 bits per heavy atom. The average Bonchev–Trinajstić information content (AvgIpc) is 3.03. The molecule has 1 aromatic heterocycles.